The van der Waals surface area contributed by atoms with E-state index in [0.717, 1.165) is 25.9 Å². The molecule has 1 heterocycles. The van der Waals surface area contributed by atoms with E-state index < -0.39 is 29.5 Å². The van der Waals surface area contributed by atoms with Crippen LogP contribution in [0.5, 0.6) is 0 Å². The summed E-state index contributed by atoms with van der Waals surface area (Å²) in [6.45, 7) is 5.46. The van der Waals surface area contributed by atoms with E-state index >= 15 is 0 Å². The lowest BCUT2D eigenvalue weighted by molar-refractivity contribution is -0.186. The first-order valence-electron chi connectivity index (χ1n) is 12.5. The number of amides is 2. The number of aliphatic hydroxyl groups excluding tert-OH is 2. The van der Waals surface area contributed by atoms with Crippen molar-refractivity contribution in [2.75, 3.05) is 25.0 Å². The van der Waals surface area contributed by atoms with Crippen molar-refractivity contribution >= 4 is 17.7 Å². The molecule has 6 atom stereocenters. The average Bonchev–Trinajstić information content (AvgIpc) is 3.33. The number of nitrogens with zero attached hydrogens (tertiary/aromatic N) is 1. The lowest BCUT2D eigenvalue weighted by Gasteiger charge is -2.60. The SMILES string of the molecule is CC1(CO)C(OC(=O)Nc2cccc(F)c2)CCC2(C)C(CC(=O)N3CCCC3)C(O)CCC12. The Morgan fingerprint density at radius 2 is 1.94 bits per heavy atom. The zero-order valence-electron chi connectivity index (χ0n) is 20.1. The Hall–Kier alpha value is -2.19. The quantitative estimate of drug-likeness (QED) is 0.598. The zero-order valence-corrected chi connectivity index (χ0v) is 20.1. The minimum absolute atomic E-state index is 0.0227. The van der Waals surface area contributed by atoms with Crippen molar-refractivity contribution in [3.63, 3.8) is 0 Å². The second-order valence-corrected chi connectivity index (χ2v) is 10.8. The molecule has 1 aromatic rings. The molecular weight excluding hydrogens is 439 g/mol. The standard InChI is InChI=1S/C26H37FN2O5/c1-25-11-10-22(34-24(33)28-18-7-5-6-17(27)14-18)26(2,16-30)21(25)9-8-20(31)19(25)15-23(32)29-12-3-4-13-29/h5-7,14,19-22,30-31H,3-4,8-13,15-16H2,1-2H3,(H,28,33). The van der Waals surface area contributed by atoms with Gasteiger partial charge in [-0.25, -0.2) is 9.18 Å². The highest BCUT2D eigenvalue weighted by Crippen LogP contribution is 2.61. The molecule has 3 N–H and O–H groups in total. The van der Waals surface area contributed by atoms with Crippen LogP contribution in [0.25, 0.3) is 0 Å². The maximum atomic E-state index is 13.5. The van der Waals surface area contributed by atoms with E-state index in [4.69, 9.17) is 4.74 Å². The van der Waals surface area contributed by atoms with Crippen LogP contribution in [-0.2, 0) is 9.53 Å². The fourth-order valence-corrected chi connectivity index (χ4v) is 6.91. The van der Waals surface area contributed by atoms with Crippen molar-refractivity contribution in [2.24, 2.45) is 22.7 Å². The van der Waals surface area contributed by atoms with Crippen LogP contribution in [0.15, 0.2) is 24.3 Å². The predicted molar refractivity (Wildman–Crippen MR) is 125 cm³/mol. The number of hydrogen-bond donors (Lipinski definition) is 3. The largest absolute Gasteiger partial charge is 0.445 e. The van der Waals surface area contributed by atoms with E-state index in [1.54, 1.807) is 6.07 Å². The van der Waals surface area contributed by atoms with Crippen LogP contribution < -0.4 is 5.32 Å². The van der Waals surface area contributed by atoms with Gasteiger partial charge in [0.25, 0.3) is 0 Å². The lowest BCUT2D eigenvalue weighted by Crippen LogP contribution is -2.61. The smallest absolute Gasteiger partial charge is 0.411 e. The lowest BCUT2D eigenvalue weighted by atomic mass is 9.46. The highest BCUT2D eigenvalue weighted by Gasteiger charge is 2.60. The summed E-state index contributed by atoms with van der Waals surface area (Å²) >= 11 is 0. The number of ether oxygens (including phenoxy) is 1. The van der Waals surface area contributed by atoms with Gasteiger partial charge in [0, 0.05) is 30.6 Å². The van der Waals surface area contributed by atoms with Crippen molar-refractivity contribution in [2.45, 2.75) is 71.0 Å². The Morgan fingerprint density at radius 1 is 1.21 bits per heavy atom. The van der Waals surface area contributed by atoms with Crippen molar-refractivity contribution in [1.29, 1.82) is 0 Å². The number of nitrogens with one attached hydrogen (secondary N) is 1. The van der Waals surface area contributed by atoms with Gasteiger partial charge in [-0.3, -0.25) is 10.1 Å². The number of aliphatic hydroxyl groups is 2. The molecule has 8 heteroatoms. The molecule has 4 rings (SSSR count). The Morgan fingerprint density at radius 3 is 2.62 bits per heavy atom. The molecule has 0 aromatic heterocycles. The van der Waals surface area contributed by atoms with Crippen LogP contribution in [0.3, 0.4) is 0 Å². The number of carbonyl (C=O) groups is 2. The third kappa shape index (κ3) is 4.67. The first kappa shape index (κ1) is 24.9. The van der Waals surface area contributed by atoms with Crippen LogP contribution in [0.1, 0.15) is 58.8 Å². The number of anilines is 1. The summed E-state index contributed by atoms with van der Waals surface area (Å²) in [5.41, 5.74) is -0.775. The molecule has 0 radical (unpaired) electrons. The molecule has 7 nitrogen and oxygen atoms in total. The van der Waals surface area contributed by atoms with E-state index in [-0.39, 0.29) is 29.8 Å². The van der Waals surface area contributed by atoms with Gasteiger partial charge in [0.15, 0.2) is 0 Å². The summed E-state index contributed by atoms with van der Waals surface area (Å²) in [7, 11) is 0. The van der Waals surface area contributed by atoms with Crippen LogP contribution >= 0.6 is 0 Å². The number of halogens is 1. The Labute approximate surface area is 200 Å². The Balaban J connectivity index is 1.50. The molecular formula is C26H37FN2O5. The van der Waals surface area contributed by atoms with Crippen LogP contribution in [0.4, 0.5) is 14.9 Å². The number of fused-ring (bicyclic) bond motifs is 1. The Bertz CT molecular complexity index is 907. The number of benzene rings is 1. The van der Waals surface area contributed by atoms with Crippen molar-refractivity contribution in [3.05, 3.63) is 30.1 Å². The third-order valence-corrected chi connectivity index (χ3v) is 8.85. The number of likely N-dealkylation sites (tertiary alicyclic amines) is 1. The van der Waals surface area contributed by atoms with Crippen molar-refractivity contribution < 1.29 is 28.9 Å². The summed E-state index contributed by atoms with van der Waals surface area (Å²) in [5.74, 6) is -0.582. The third-order valence-electron chi connectivity index (χ3n) is 8.85. The molecule has 6 unspecified atom stereocenters. The van der Waals surface area contributed by atoms with Gasteiger partial charge in [0.2, 0.25) is 5.91 Å². The summed E-state index contributed by atoms with van der Waals surface area (Å²) in [5, 5.41) is 24.0. The first-order valence-corrected chi connectivity index (χ1v) is 12.5. The highest BCUT2D eigenvalue weighted by atomic mass is 19.1. The highest BCUT2D eigenvalue weighted by molar-refractivity contribution is 5.84. The van der Waals surface area contributed by atoms with Gasteiger partial charge >= 0.3 is 6.09 Å². The molecule has 1 aromatic carbocycles. The van der Waals surface area contributed by atoms with Gasteiger partial charge in [-0.1, -0.05) is 19.9 Å². The first-order chi connectivity index (χ1) is 16.2. The maximum absolute atomic E-state index is 13.5. The second-order valence-electron chi connectivity index (χ2n) is 10.8. The molecule has 3 aliphatic rings. The minimum atomic E-state index is -0.721. The fraction of sp³-hybridized carbons (Fsp3) is 0.692. The van der Waals surface area contributed by atoms with Crippen LogP contribution in [0, 0.1) is 28.5 Å². The molecule has 1 saturated heterocycles. The molecule has 2 amide bonds. The van der Waals surface area contributed by atoms with E-state index in [1.165, 1.54) is 18.2 Å². The maximum Gasteiger partial charge on any atom is 0.411 e. The number of hydrogen-bond acceptors (Lipinski definition) is 5. The minimum Gasteiger partial charge on any atom is -0.445 e. The van der Waals surface area contributed by atoms with Crippen LogP contribution in [0.2, 0.25) is 0 Å². The molecule has 0 bridgehead atoms. The predicted octanol–water partition coefficient (Wildman–Crippen LogP) is 3.94. The summed E-state index contributed by atoms with van der Waals surface area (Å²) in [6, 6.07) is 5.60. The Kier molecular flexibility index (Phi) is 7.20. The van der Waals surface area contributed by atoms with Gasteiger partial charge in [-0.05, 0) is 74.0 Å². The molecule has 188 valence electrons. The van der Waals surface area contributed by atoms with Gasteiger partial charge in [0.1, 0.15) is 11.9 Å². The van der Waals surface area contributed by atoms with E-state index in [9.17, 15) is 24.2 Å². The van der Waals surface area contributed by atoms with Crippen LogP contribution in [-0.4, -0.2) is 59.0 Å². The topological polar surface area (TPSA) is 99.1 Å². The van der Waals surface area contributed by atoms with Gasteiger partial charge < -0.3 is 19.8 Å². The average molecular weight is 477 g/mol. The molecule has 1 aliphatic heterocycles. The number of carbonyl (C=O) groups excluding carboxylic acids is 2. The zero-order chi connectivity index (χ0) is 24.5. The molecule has 34 heavy (non-hydrogen) atoms. The summed E-state index contributed by atoms with van der Waals surface area (Å²) < 4.78 is 19.3. The summed E-state index contributed by atoms with van der Waals surface area (Å²) in [4.78, 5) is 27.5. The fourth-order valence-electron chi connectivity index (χ4n) is 6.91. The van der Waals surface area contributed by atoms with Gasteiger partial charge in [0.05, 0.1) is 12.7 Å². The van der Waals surface area contributed by atoms with Gasteiger partial charge in [-0.2, -0.15) is 0 Å². The number of rotatable bonds is 5. The van der Waals surface area contributed by atoms with E-state index in [0.29, 0.717) is 37.8 Å². The monoisotopic (exact) mass is 476 g/mol. The van der Waals surface area contributed by atoms with Crippen molar-refractivity contribution in [1.82, 2.24) is 4.90 Å². The van der Waals surface area contributed by atoms with Crippen molar-refractivity contribution in [3.8, 4) is 0 Å². The van der Waals surface area contributed by atoms with E-state index in [2.05, 4.69) is 12.2 Å². The molecule has 2 saturated carbocycles. The van der Waals surface area contributed by atoms with Gasteiger partial charge in [-0.15, -0.1) is 0 Å². The molecule has 0 spiro atoms. The van der Waals surface area contributed by atoms with E-state index in [1.807, 2.05) is 11.8 Å². The molecule has 3 fully saturated rings. The summed E-state index contributed by atoms with van der Waals surface area (Å²) in [6.07, 6.45) is 3.01. The molecule has 2 aliphatic carbocycles. The normalized spacial score (nSPS) is 35.5. The second kappa shape index (κ2) is 9.82.